The monoisotopic (exact) mass is 310 g/mol. The maximum Gasteiger partial charge on any atom is 0.172 e. The second kappa shape index (κ2) is 6.64. The lowest BCUT2D eigenvalue weighted by Gasteiger charge is -2.13. The third-order valence-corrected chi connectivity index (χ3v) is 3.49. The van der Waals surface area contributed by atoms with Crippen LogP contribution < -0.4 is 9.47 Å². The molecular formula is C15H12Cl2O3. The van der Waals surface area contributed by atoms with Crippen LogP contribution in [-0.2, 0) is 6.61 Å². The van der Waals surface area contributed by atoms with Crippen molar-refractivity contribution < 1.29 is 14.3 Å². The topological polar surface area (TPSA) is 35.5 Å². The molecule has 2 rings (SSSR count). The first-order valence-electron chi connectivity index (χ1n) is 5.85. The fraction of sp³-hybridized carbons (Fsp3) is 0.133. The zero-order valence-electron chi connectivity index (χ0n) is 10.7. The lowest BCUT2D eigenvalue weighted by atomic mass is 10.2. The summed E-state index contributed by atoms with van der Waals surface area (Å²) in [6.45, 7) is 0.153. The van der Waals surface area contributed by atoms with Crippen molar-refractivity contribution in [2.75, 3.05) is 7.11 Å². The summed E-state index contributed by atoms with van der Waals surface area (Å²) in [4.78, 5) is 11.1. The van der Waals surface area contributed by atoms with Gasteiger partial charge in [0.2, 0.25) is 0 Å². The normalized spacial score (nSPS) is 10.2. The predicted molar refractivity (Wildman–Crippen MR) is 79.2 cm³/mol. The van der Waals surface area contributed by atoms with Crippen molar-refractivity contribution in [1.82, 2.24) is 0 Å². The molecule has 0 aromatic heterocycles. The number of carbonyl (C=O) groups is 1. The number of hydrogen-bond donors (Lipinski definition) is 0. The zero-order chi connectivity index (χ0) is 14.5. The Kier molecular flexibility index (Phi) is 4.88. The minimum Gasteiger partial charge on any atom is -0.493 e. The van der Waals surface area contributed by atoms with Crippen molar-refractivity contribution in [3.05, 3.63) is 57.6 Å². The van der Waals surface area contributed by atoms with Crippen LogP contribution in [0.3, 0.4) is 0 Å². The van der Waals surface area contributed by atoms with Gasteiger partial charge in [0.25, 0.3) is 0 Å². The summed E-state index contributed by atoms with van der Waals surface area (Å²) in [5, 5.41) is 1.03. The molecule has 0 fully saturated rings. The molecule has 0 saturated heterocycles. The van der Waals surface area contributed by atoms with Crippen LogP contribution in [0.5, 0.6) is 11.5 Å². The van der Waals surface area contributed by atoms with Crippen molar-refractivity contribution in [3.8, 4) is 11.5 Å². The molecule has 0 radical (unpaired) electrons. The van der Waals surface area contributed by atoms with Crippen molar-refractivity contribution in [2.45, 2.75) is 6.61 Å². The Bertz CT molecular complexity index is 606. The smallest absolute Gasteiger partial charge is 0.172 e. The van der Waals surface area contributed by atoms with Crippen LogP contribution in [0.2, 0.25) is 10.0 Å². The average molecular weight is 311 g/mol. The van der Waals surface area contributed by atoms with E-state index in [4.69, 9.17) is 32.7 Å². The van der Waals surface area contributed by atoms with Crippen molar-refractivity contribution in [2.24, 2.45) is 0 Å². The molecule has 20 heavy (non-hydrogen) atoms. The van der Waals surface area contributed by atoms with Gasteiger partial charge in [0.1, 0.15) is 6.61 Å². The molecule has 0 N–H and O–H groups in total. The highest BCUT2D eigenvalue weighted by molar-refractivity contribution is 6.35. The molecule has 5 heteroatoms. The second-order valence-electron chi connectivity index (χ2n) is 3.99. The van der Waals surface area contributed by atoms with Crippen LogP contribution in [0.1, 0.15) is 15.9 Å². The van der Waals surface area contributed by atoms with Gasteiger partial charge in [-0.1, -0.05) is 35.3 Å². The van der Waals surface area contributed by atoms with Crippen molar-refractivity contribution in [1.29, 1.82) is 0 Å². The van der Waals surface area contributed by atoms with Crippen LogP contribution in [-0.4, -0.2) is 13.4 Å². The number of carbonyl (C=O) groups excluding carboxylic acids is 1. The first-order valence-corrected chi connectivity index (χ1v) is 6.61. The maximum atomic E-state index is 11.1. The molecule has 0 aliphatic heterocycles. The SMILES string of the molecule is COc1cccc(C=O)c1OCc1c(Cl)cccc1Cl. The summed E-state index contributed by atoms with van der Waals surface area (Å²) in [6, 6.07) is 10.3. The van der Waals surface area contributed by atoms with Gasteiger partial charge in [-0.3, -0.25) is 4.79 Å². The molecule has 0 heterocycles. The van der Waals surface area contributed by atoms with Gasteiger partial charge >= 0.3 is 0 Å². The van der Waals surface area contributed by atoms with Gasteiger partial charge in [-0.25, -0.2) is 0 Å². The predicted octanol–water partition coefficient (Wildman–Crippen LogP) is 4.39. The van der Waals surface area contributed by atoms with Gasteiger partial charge < -0.3 is 9.47 Å². The fourth-order valence-corrected chi connectivity index (χ4v) is 2.26. The standard InChI is InChI=1S/C15H12Cl2O3/c1-19-14-7-2-4-10(8-18)15(14)20-9-11-12(16)5-3-6-13(11)17/h2-8H,9H2,1H3. The average Bonchev–Trinajstić information content (AvgIpc) is 2.46. The molecule has 0 atom stereocenters. The highest BCUT2D eigenvalue weighted by Crippen LogP contribution is 2.32. The van der Waals surface area contributed by atoms with Crippen molar-refractivity contribution in [3.63, 3.8) is 0 Å². The van der Waals surface area contributed by atoms with Gasteiger partial charge in [0.05, 0.1) is 12.7 Å². The Labute approximate surface area is 127 Å². The van der Waals surface area contributed by atoms with Gasteiger partial charge in [-0.15, -0.1) is 0 Å². The Morgan fingerprint density at radius 1 is 1.10 bits per heavy atom. The lowest BCUT2D eigenvalue weighted by molar-refractivity contribution is 0.111. The molecule has 2 aromatic rings. The molecule has 0 unspecified atom stereocenters. The lowest BCUT2D eigenvalue weighted by Crippen LogP contribution is -2.01. The highest BCUT2D eigenvalue weighted by Gasteiger charge is 2.12. The number of benzene rings is 2. The third-order valence-electron chi connectivity index (χ3n) is 2.78. The van der Waals surface area contributed by atoms with E-state index in [1.807, 2.05) is 0 Å². The van der Waals surface area contributed by atoms with E-state index in [0.717, 1.165) is 0 Å². The van der Waals surface area contributed by atoms with Gasteiger partial charge in [-0.05, 0) is 24.3 Å². The summed E-state index contributed by atoms with van der Waals surface area (Å²) in [7, 11) is 1.51. The molecule has 0 spiro atoms. The first-order chi connectivity index (χ1) is 9.67. The fourth-order valence-electron chi connectivity index (χ4n) is 1.76. The second-order valence-corrected chi connectivity index (χ2v) is 4.80. The number of para-hydroxylation sites is 1. The van der Waals surface area contributed by atoms with E-state index in [2.05, 4.69) is 0 Å². The van der Waals surface area contributed by atoms with E-state index in [1.54, 1.807) is 36.4 Å². The molecule has 2 aromatic carbocycles. The highest BCUT2D eigenvalue weighted by atomic mass is 35.5. The third kappa shape index (κ3) is 3.06. The van der Waals surface area contributed by atoms with E-state index in [1.165, 1.54) is 7.11 Å². The maximum absolute atomic E-state index is 11.1. The minimum absolute atomic E-state index is 0.153. The summed E-state index contributed by atoms with van der Waals surface area (Å²) in [5.41, 5.74) is 1.08. The quantitative estimate of drug-likeness (QED) is 0.768. The van der Waals surface area contributed by atoms with Crippen molar-refractivity contribution >= 4 is 29.5 Å². The van der Waals surface area contributed by atoms with E-state index in [-0.39, 0.29) is 6.61 Å². The Morgan fingerprint density at radius 2 is 1.75 bits per heavy atom. The number of aldehydes is 1. The Hall–Kier alpha value is -1.71. The summed E-state index contributed by atoms with van der Waals surface area (Å²) >= 11 is 12.2. The number of ether oxygens (including phenoxy) is 2. The van der Waals surface area contributed by atoms with E-state index >= 15 is 0 Å². The summed E-state index contributed by atoms with van der Waals surface area (Å²) < 4.78 is 10.9. The van der Waals surface area contributed by atoms with Crippen LogP contribution in [0.15, 0.2) is 36.4 Å². The number of methoxy groups -OCH3 is 1. The van der Waals surface area contributed by atoms with E-state index in [9.17, 15) is 4.79 Å². The van der Waals surface area contributed by atoms with Gasteiger partial charge in [-0.2, -0.15) is 0 Å². The molecule has 0 amide bonds. The van der Waals surface area contributed by atoms with Crippen LogP contribution >= 0.6 is 23.2 Å². The zero-order valence-corrected chi connectivity index (χ0v) is 12.2. The molecule has 3 nitrogen and oxygen atoms in total. The molecular weight excluding hydrogens is 299 g/mol. The van der Waals surface area contributed by atoms with Crippen LogP contribution in [0.4, 0.5) is 0 Å². The van der Waals surface area contributed by atoms with Gasteiger partial charge in [0.15, 0.2) is 17.8 Å². The molecule has 0 aliphatic rings. The van der Waals surface area contributed by atoms with E-state index < -0.39 is 0 Å². The number of hydrogen-bond acceptors (Lipinski definition) is 3. The van der Waals surface area contributed by atoms with E-state index in [0.29, 0.717) is 39.0 Å². The minimum atomic E-state index is 0.153. The Balaban J connectivity index is 2.29. The molecule has 0 saturated carbocycles. The molecule has 0 aliphatic carbocycles. The number of halogens is 2. The van der Waals surface area contributed by atoms with Gasteiger partial charge in [0, 0.05) is 15.6 Å². The number of rotatable bonds is 5. The molecule has 0 bridgehead atoms. The summed E-state index contributed by atoms with van der Waals surface area (Å²) in [6.07, 6.45) is 0.714. The van der Waals surface area contributed by atoms with Crippen LogP contribution in [0, 0.1) is 0 Å². The largest absolute Gasteiger partial charge is 0.493 e. The first kappa shape index (κ1) is 14.7. The Morgan fingerprint density at radius 3 is 2.35 bits per heavy atom. The molecule has 104 valence electrons. The summed E-state index contributed by atoms with van der Waals surface area (Å²) in [5.74, 6) is 0.860. The van der Waals surface area contributed by atoms with Crippen LogP contribution in [0.25, 0.3) is 0 Å².